The lowest BCUT2D eigenvalue weighted by atomic mass is 9.81. The third-order valence-electron chi connectivity index (χ3n) is 5.02. The molecule has 0 aliphatic carbocycles. The van der Waals surface area contributed by atoms with Crippen molar-refractivity contribution in [1.29, 1.82) is 0 Å². The van der Waals surface area contributed by atoms with Crippen molar-refractivity contribution in [2.75, 3.05) is 6.61 Å². The minimum atomic E-state index is -0.948. The monoisotopic (exact) mass is 368 g/mol. The minimum absolute atomic E-state index is 0.0860. The summed E-state index contributed by atoms with van der Waals surface area (Å²) in [6.45, 7) is 5.96. The third kappa shape index (κ3) is 3.82. The van der Waals surface area contributed by atoms with Gasteiger partial charge in [-0.15, -0.1) is 0 Å². The average molecular weight is 368 g/mol. The molecular weight excluding hydrogens is 344 g/mol. The molecule has 2 aromatic rings. The second-order valence-corrected chi connectivity index (χ2v) is 7.45. The second kappa shape index (κ2) is 7.43. The van der Waals surface area contributed by atoms with Crippen molar-refractivity contribution < 1.29 is 24.2 Å². The van der Waals surface area contributed by atoms with Crippen molar-refractivity contribution in [3.63, 3.8) is 0 Å². The van der Waals surface area contributed by atoms with E-state index in [4.69, 9.17) is 9.47 Å². The summed E-state index contributed by atoms with van der Waals surface area (Å²) in [4.78, 5) is 23.9. The van der Waals surface area contributed by atoms with Crippen molar-refractivity contribution in [3.05, 3.63) is 53.6 Å². The molecule has 1 aliphatic rings. The van der Waals surface area contributed by atoms with Crippen LogP contribution in [0.25, 0.3) is 0 Å². The largest absolute Gasteiger partial charge is 0.507 e. The molecule has 0 fully saturated rings. The van der Waals surface area contributed by atoms with E-state index in [-0.39, 0.29) is 17.2 Å². The Bertz CT molecular complexity index is 841. The van der Waals surface area contributed by atoms with Crippen LogP contribution in [0, 0.1) is 5.92 Å². The van der Waals surface area contributed by atoms with Gasteiger partial charge < -0.3 is 19.4 Å². The standard InChI is InChI=1S/C22H24O5/c1-14(9-10-26-16-7-5-4-6-8-16)15-11-18(24)20-19(12-15)27-22(2,3)17(13-23)21(20)25/h4-8,11-14,17,24H,9-10H2,1-3H3. The van der Waals surface area contributed by atoms with E-state index in [1.54, 1.807) is 26.0 Å². The van der Waals surface area contributed by atoms with Crippen LogP contribution in [0.1, 0.15) is 49.0 Å². The van der Waals surface area contributed by atoms with Crippen LogP contribution in [-0.2, 0) is 4.79 Å². The topological polar surface area (TPSA) is 72.8 Å². The summed E-state index contributed by atoms with van der Waals surface area (Å²) in [5, 5.41) is 10.4. The maximum absolute atomic E-state index is 12.6. The number of phenolic OH excluding ortho intramolecular Hbond substituents is 1. The fourth-order valence-corrected chi connectivity index (χ4v) is 3.31. The molecule has 2 aromatic carbocycles. The van der Waals surface area contributed by atoms with Gasteiger partial charge in [-0.3, -0.25) is 4.79 Å². The van der Waals surface area contributed by atoms with Crippen LogP contribution in [0.3, 0.4) is 0 Å². The Balaban J connectivity index is 1.77. The maximum Gasteiger partial charge on any atom is 0.184 e. The minimum Gasteiger partial charge on any atom is -0.507 e. The maximum atomic E-state index is 12.6. The van der Waals surface area contributed by atoms with Gasteiger partial charge in [0, 0.05) is 0 Å². The number of Topliss-reactive ketones (excluding diaryl/α,β-unsaturated/α-hetero) is 1. The van der Waals surface area contributed by atoms with Crippen LogP contribution in [0.5, 0.6) is 17.2 Å². The van der Waals surface area contributed by atoms with Crippen LogP contribution >= 0.6 is 0 Å². The van der Waals surface area contributed by atoms with Crippen molar-refractivity contribution in [2.45, 2.75) is 38.7 Å². The van der Waals surface area contributed by atoms with E-state index in [9.17, 15) is 14.7 Å². The first-order chi connectivity index (χ1) is 12.8. The molecule has 142 valence electrons. The number of hydrogen-bond acceptors (Lipinski definition) is 5. The Labute approximate surface area is 158 Å². The molecule has 0 spiro atoms. The van der Waals surface area contributed by atoms with E-state index in [1.165, 1.54) is 0 Å². The van der Waals surface area contributed by atoms with Crippen LogP contribution in [0.4, 0.5) is 0 Å². The fourth-order valence-electron chi connectivity index (χ4n) is 3.31. The number of ether oxygens (including phenoxy) is 2. The van der Waals surface area contributed by atoms with Gasteiger partial charge in [0.2, 0.25) is 0 Å². The van der Waals surface area contributed by atoms with Crippen LogP contribution in [-0.4, -0.2) is 29.4 Å². The van der Waals surface area contributed by atoms with Gasteiger partial charge in [-0.05, 0) is 56.0 Å². The summed E-state index contributed by atoms with van der Waals surface area (Å²) in [5.41, 5.74) is -0.00437. The first-order valence-corrected chi connectivity index (χ1v) is 9.06. The number of rotatable bonds is 6. The van der Waals surface area contributed by atoms with E-state index in [0.29, 0.717) is 18.6 Å². The highest BCUT2D eigenvalue weighted by molar-refractivity contribution is 6.10. The van der Waals surface area contributed by atoms with E-state index >= 15 is 0 Å². The van der Waals surface area contributed by atoms with Crippen molar-refractivity contribution in [3.8, 4) is 17.2 Å². The van der Waals surface area contributed by atoms with Gasteiger partial charge in [0.05, 0.1) is 6.61 Å². The van der Waals surface area contributed by atoms with E-state index in [0.717, 1.165) is 17.7 Å². The first kappa shape index (κ1) is 19.0. The van der Waals surface area contributed by atoms with Crippen molar-refractivity contribution in [1.82, 2.24) is 0 Å². The van der Waals surface area contributed by atoms with Gasteiger partial charge in [0.1, 0.15) is 40.6 Å². The molecule has 1 heterocycles. The van der Waals surface area contributed by atoms with E-state index < -0.39 is 17.3 Å². The van der Waals surface area contributed by atoms with Gasteiger partial charge in [-0.2, -0.15) is 0 Å². The molecule has 1 aliphatic heterocycles. The highest BCUT2D eigenvalue weighted by atomic mass is 16.5. The van der Waals surface area contributed by atoms with Gasteiger partial charge >= 0.3 is 0 Å². The number of carbonyl (C=O) groups excluding carboxylic acids is 2. The number of phenols is 1. The molecule has 2 unspecified atom stereocenters. The van der Waals surface area contributed by atoms with Crippen LogP contribution in [0.2, 0.25) is 0 Å². The highest BCUT2D eigenvalue weighted by Crippen LogP contribution is 2.42. The summed E-state index contributed by atoms with van der Waals surface area (Å²) in [6, 6.07) is 12.9. The molecule has 0 radical (unpaired) electrons. The zero-order valence-electron chi connectivity index (χ0n) is 15.8. The Morgan fingerprint density at radius 1 is 1.26 bits per heavy atom. The molecule has 3 rings (SSSR count). The van der Waals surface area contributed by atoms with Gasteiger partial charge in [-0.25, -0.2) is 0 Å². The predicted octanol–water partition coefficient (Wildman–Crippen LogP) is 4.13. The van der Waals surface area contributed by atoms with Gasteiger partial charge in [0.25, 0.3) is 0 Å². The SMILES string of the molecule is CC(CCOc1ccccc1)c1cc(O)c2c(c1)OC(C)(C)C(C=O)C2=O. The molecule has 0 amide bonds. The highest BCUT2D eigenvalue weighted by Gasteiger charge is 2.44. The number of benzene rings is 2. The number of fused-ring (bicyclic) bond motifs is 1. The number of aromatic hydroxyl groups is 1. The summed E-state index contributed by atoms with van der Waals surface area (Å²) in [5.74, 6) is -0.248. The molecule has 0 saturated heterocycles. The lowest BCUT2D eigenvalue weighted by Gasteiger charge is -2.36. The number of hydrogen-bond donors (Lipinski definition) is 1. The lowest BCUT2D eigenvalue weighted by Crippen LogP contribution is -2.46. The normalized spacial score (nSPS) is 18.9. The Morgan fingerprint density at radius 3 is 2.63 bits per heavy atom. The fraction of sp³-hybridized carbons (Fsp3) is 0.364. The predicted molar refractivity (Wildman–Crippen MR) is 102 cm³/mol. The van der Waals surface area contributed by atoms with Crippen molar-refractivity contribution in [2.24, 2.45) is 5.92 Å². The molecule has 5 heteroatoms. The average Bonchev–Trinajstić information content (AvgIpc) is 2.61. The van der Waals surface area contributed by atoms with Crippen LogP contribution < -0.4 is 9.47 Å². The lowest BCUT2D eigenvalue weighted by molar-refractivity contribution is -0.114. The zero-order chi connectivity index (χ0) is 19.6. The quantitative estimate of drug-likeness (QED) is 0.613. The number of para-hydroxylation sites is 1. The van der Waals surface area contributed by atoms with E-state index in [2.05, 4.69) is 0 Å². The Hall–Kier alpha value is -2.82. The Kier molecular flexibility index (Phi) is 5.22. The van der Waals surface area contributed by atoms with Gasteiger partial charge in [0.15, 0.2) is 5.78 Å². The number of aldehydes is 1. The number of carbonyl (C=O) groups is 2. The zero-order valence-corrected chi connectivity index (χ0v) is 15.8. The van der Waals surface area contributed by atoms with Crippen molar-refractivity contribution >= 4 is 12.1 Å². The molecule has 2 atom stereocenters. The molecule has 0 bridgehead atoms. The molecule has 27 heavy (non-hydrogen) atoms. The third-order valence-corrected chi connectivity index (χ3v) is 5.02. The molecule has 5 nitrogen and oxygen atoms in total. The van der Waals surface area contributed by atoms with Gasteiger partial charge in [-0.1, -0.05) is 25.1 Å². The molecular formula is C22H24O5. The summed E-state index contributed by atoms with van der Waals surface area (Å²) >= 11 is 0. The smallest absolute Gasteiger partial charge is 0.184 e. The Morgan fingerprint density at radius 2 is 1.96 bits per heavy atom. The molecule has 1 N–H and O–H groups in total. The number of ketones is 1. The summed E-state index contributed by atoms with van der Waals surface area (Å²) in [6.07, 6.45) is 1.32. The molecule has 0 saturated carbocycles. The van der Waals surface area contributed by atoms with E-state index in [1.807, 2.05) is 37.3 Å². The first-order valence-electron chi connectivity index (χ1n) is 9.06. The second-order valence-electron chi connectivity index (χ2n) is 7.45. The molecule has 0 aromatic heterocycles. The summed E-state index contributed by atoms with van der Waals surface area (Å²) in [7, 11) is 0. The van der Waals surface area contributed by atoms with Crippen LogP contribution in [0.15, 0.2) is 42.5 Å². The summed E-state index contributed by atoms with van der Waals surface area (Å²) < 4.78 is 11.6.